The molecule has 4 fully saturated rings. The van der Waals surface area contributed by atoms with Gasteiger partial charge in [-0.1, -0.05) is 146 Å². The summed E-state index contributed by atoms with van der Waals surface area (Å²) in [4.78, 5) is 20.0. The van der Waals surface area contributed by atoms with Crippen molar-refractivity contribution in [3.63, 3.8) is 0 Å². The van der Waals surface area contributed by atoms with E-state index in [2.05, 4.69) is 13.1 Å². The Bertz CT molecular complexity index is 1390. The van der Waals surface area contributed by atoms with Gasteiger partial charge in [-0.3, -0.25) is 0 Å². The maximum absolute atomic E-state index is 5.12. The van der Waals surface area contributed by atoms with E-state index in [-0.39, 0.29) is 37.7 Å². The maximum Gasteiger partial charge on any atom is 1.00 e. The molecule has 0 N–H and O–H groups in total. The number of hydrogen-bond acceptors (Lipinski definition) is 6. The number of rotatable bonds is 6. The van der Waals surface area contributed by atoms with Gasteiger partial charge >= 0.3 is 37.7 Å². The molecule has 0 atom stereocenters. The molecule has 0 aromatic heterocycles. The van der Waals surface area contributed by atoms with Gasteiger partial charge in [0.2, 0.25) is 0 Å². The van der Waals surface area contributed by atoms with Crippen molar-refractivity contribution >= 4 is 31.4 Å². The molecule has 0 aliphatic carbocycles. The summed E-state index contributed by atoms with van der Waals surface area (Å²) in [6, 6.07) is 40.0. The van der Waals surface area contributed by atoms with Crippen LogP contribution < -0.4 is 37.7 Å². The molecule has 0 radical (unpaired) electrons. The quantitative estimate of drug-likeness (QED) is 0.154. The monoisotopic (exact) mass is 748 g/mol. The largest absolute Gasteiger partial charge is 1.00 e. The number of para-hydroxylation sites is 2. The average Bonchev–Trinajstić information content (AvgIpc) is 4.06. The first-order valence-corrected chi connectivity index (χ1v) is 22.1. The van der Waals surface area contributed by atoms with Crippen molar-refractivity contribution in [2.45, 2.75) is 64.5 Å². The molecule has 8 nitrogen and oxygen atoms in total. The second-order valence-corrected chi connectivity index (χ2v) is 16.7. The number of nitrogens with zero attached hydrogens (tertiary/aromatic N) is 4. The van der Waals surface area contributed by atoms with Gasteiger partial charge in [-0.25, -0.2) is 0 Å². The fourth-order valence-corrected chi connectivity index (χ4v) is 6.76. The van der Waals surface area contributed by atoms with E-state index in [4.69, 9.17) is 38.9 Å². The molecule has 284 valence electrons. The molecule has 4 heterocycles. The van der Waals surface area contributed by atoms with Crippen molar-refractivity contribution in [2.24, 2.45) is 9.98 Å². The molecule has 0 unspecified atom stereocenters. The van der Waals surface area contributed by atoms with Gasteiger partial charge in [-0.05, 0) is 73.9 Å². The van der Waals surface area contributed by atoms with Crippen molar-refractivity contribution in [3.05, 3.63) is 142 Å². The van der Waals surface area contributed by atoms with Gasteiger partial charge in [-0.2, -0.15) is 0 Å². The summed E-state index contributed by atoms with van der Waals surface area (Å²) in [5, 5.41) is 0. The standard InChI is InChI=1S/C28H26N4Si.4C4H8O.2Li/c1-33(2,31-27(23-15-7-3-8-16-23)29-25-19-11-5-12-20-25)32-28(24-17-9-4-10-18-24)30-26-21-13-6-14-22-26;4*1-2-4-5-3-1;;/h3-22H,1-2H3;4*1-4H2;;/q-2;;;;;2*+1. The van der Waals surface area contributed by atoms with Crippen molar-refractivity contribution in [2.75, 3.05) is 52.9 Å². The maximum atomic E-state index is 5.12. The Labute approximate surface area is 355 Å². The molecule has 55 heavy (non-hydrogen) atoms. The number of hydrogen-bond donors (Lipinski definition) is 0. The smallest absolute Gasteiger partial charge is 0.473 e. The molecule has 0 spiro atoms. The van der Waals surface area contributed by atoms with E-state index in [1.54, 1.807) is 0 Å². The zero-order valence-electron chi connectivity index (χ0n) is 33.8. The van der Waals surface area contributed by atoms with Crippen LogP contribution in [0.15, 0.2) is 131 Å². The van der Waals surface area contributed by atoms with Crippen LogP contribution in [0.25, 0.3) is 9.96 Å². The first-order valence-electron chi connectivity index (χ1n) is 19.2. The van der Waals surface area contributed by atoms with Gasteiger partial charge in [0.1, 0.15) is 0 Å². The molecular weight excluding hydrogens is 690 g/mol. The van der Waals surface area contributed by atoms with E-state index in [0.29, 0.717) is 11.7 Å². The van der Waals surface area contributed by atoms with Crippen LogP contribution in [-0.4, -0.2) is 72.9 Å². The van der Waals surface area contributed by atoms with Gasteiger partial charge in [0.15, 0.2) is 0 Å². The Morgan fingerprint density at radius 2 is 0.636 bits per heavy atom. The predicted molar refractivity (Wildman–Crippen MR) is 223 cm³/mol. The number of ether oxygens (including phenoxy) is 4. The third kappa shape index (κ3) is 21.8. The van der Waals surface area contributed by atoms with Crippen LogP contribution in [0.1, 0.15) is 62.5 Å². The topological polar surface area (TPSA) is 89.8 Å². The summed E-state index contributed by atoms with van der Waals surface area (Å²) in [5.74, 6) is 1.38. The fourth-order valence-electron chi connectivity index (χ4n) is 5.32. The SMILES string of the molecule is C1CCOC1.C1CCOC1.C1CCOC1.C1CCOC1.C[Si](C)([N-]C(=Nc1ccccc1)c1ccccc1)[N-]C(=Nc1ccccc1)c1ccccc1.[Li+].[Li+]. The minimum absolute atomic E-state index is 0. The molecule has 4 aliphatic heterocycles. The van der Waals surface area contributed by atoms with Gasteiger partial charge in [0.25, 0.3) is 0 Å². The summed E-state index contributed by atoms with van der Waals surface area (Å²) in [5.41, 5.74) is 3.68. The summed E-state index contributed by atoms with van der Waals surface area (Å²) in [7, 11) is -2.51. The van der Waals surface area contributed by atoms with E-state index in [1.807, 2.05) is 121 Å². The molecule has 4 aromatic rings. The van der Waals surface area contributed by atoms with Crippen LogP contribution in [-0.2, 0) is 18.9 Å². The molecule has 4 aliphatic rings. The van der Waals surface area contributed by atoms with Gasteiger partial charge < -0.3 is 38.9 Å². The number of benzene rings is 4. The minimum atomic E-state index is -2.51. The molecule has 11 heteroatoms. The summed E-state index contributed by atoms with van der Waals surface area (Å²) in [6.07, 6.45) is 10.2. The number of amidine groups is 2. The van der Waals surface area contributed by atoms with Crippen LogP contribution >= 0.6 is 0 Å². The predicted octanol–water partition coefficient (Wildman–Crippen LogP) is 5.19. The summed E-state index contributed by atoms with van der Waals surface area (Å²) >= 11 is 0. The molecule has 0 amide bonds. The first kappa shape index (κ1) is 48.2. The van der Waals surface area contributed by atoms with E-state index in [0.717, 1.165) is 75.4 Å². The van der Waals surface area contributed by atoms with Crippen LogP contribution in [0, 0.1) is 0 Å². The Balaban J connectivity index is 0.000000380. The van der Waals surface area contributed by atoms with E-state index in [9.17, 15) is 0 Å². The zero-order chi connectivity index (χ0) is 37.1. The summed E-state index contributed by atoms with van der Waals surface area (Å²) in [6.45, 7) is 12.2. The van der Waals surface area contributed by atoms with Crippen LogP contribution in [0.5, 0.6) is 0 Å². The third-order valence-electron chi connectivity index (χ3n) is 8.11. The fraction of sp³-hybridized carbons (Fsp3) is 0.409. The molecule has 0 saturated carbocycles. The minimum Gasteiger partial charge on any atom is -0.473 e. The normalized spacial score (nSPS) is 16.1. The number of aliphatic imine (C=N–C) groups is 2. The van der Waals surface area contributed by atoms with Crippen molar-refractivity contribution in [3.8, 4) is 0 Å². The second kappa shape index (κ2) is 30.2. The average molecular weight is 749 g/mol. The molecule has 0 bridgehead atoms. The molecule has 4 saturated heterocycles. The van der Waals surface area contributed by atoms with Crippen LogP contribution in [0.2, 0.25) is 13.1 Å². The van der Waals surface area contributed by atoms with Gasteiger partial charge in [-0.15, -0.1) is 0 Å². The van der Waals surface area contributed by atoms with E-state index in [1.165, 1.54) is 51.4 Å². The Hall–Kier alpha value is -2.93. The first-order chi connectivity index (χ1) is 26.1. The molecular formula is C44H58Li2N4O4Si. The Morgan fingerprint density at radius 1 is 0.400 bits per heavy atom. The van der Waals surface area contributed by atoms with Crippen molar-refractivity contribution in [1.82, 2.24) is 0 Å². The van der Waals surface area contributed by atoms with Crippen LogP contribution in [0.4, 0.5) is 11.4 Å². The molecule has 4 aromatic carbocycles. The van der Waals surface area contributed by atoms with E-state index >= 15 is 0 Å². The van der Waals surface area contributed by atoms with Crippen LogP contribution in [0.3, 0.4) is 0 Å². The van der Waals surface area contributed by atoms with Crippen molar-refractivity contribution < 1.29 is 56.7 Å². The second-order valence-electron chi connectivity index (χ2n) is 13.3. The zero-order valence-corrected chi connectivity index (χ0v) is 34.8. The third-order valence-corrected chi connectivity index (χ3v) is 9.63. The van der Waals surface area contributed by atoms with E-state index < -0.39 is 8.40 Å². The van der Waals surface area contributed by atoms with Crippen molar-refractivity contribution in [1.29, 1.82) is 0 Å². The van der Waals surface area contributed by atoms with Gasteiger partial charge in [0, 0.05) is 61.3 Å². The summed E-state index contributed by atoms with van der Waals surface area (Å²) < 4.78 is 19.8. The van der Waals surface area contributed by atoms with Gasteiger partial charge in [0.05, 0.1) is 0 Å². The molecule has 8 rings (SSSR count). The Kier molecular flexibility index (Phi) is 26.5. The Morgan fingerprint density at radius 3 is 0.855 bits per heavy atom.